The number of anilines is 1. The Morgan fingerprint density at radius 2 is 1.85 bits per heavy atom. The second-order valence-corrected chi connectivity index (χ2v) is 3.95. The number of hydrogen-bond acceptors (Lipinski definition) is 3. The molecule has 1 aromatic carbocycles. The van der Waals surface area contributed by atoms with E-state index in [-0.39, 0.29) is 13.0 Å². The molecule has 0 aromatic heterocycles. The molecule has 0 heterocycles. The molecule has 3 N–H and O–H groups in total. The van der Waals surface area contributed by atoms with Gasteiger partial charge in [0.05, 0.1) is 12.2 Å². The molecule has 0 fully saturated rings. The lowest BCUT2D eigenvalue weighted by Gasteiger charge is -2.08. The third-order valence-corrected chi connectivity index (χ3v) is 2.34. The summed E-state index contributed by atoms with van der Waals surface area (Å²) in [5.41, 5.74) is -0.457. The monoisotopic (exact) mass is 290 g/mol. The summed E-state index contributed by atoms with van der Waals surface area (Å²) in [6.45, 7) is 0.0953. The Bertz CT molecular complexity index is 509. The van der Waals surface area contributed by atoms with Gasteiger partial charge in [0, 0.05) is 6.42 Å². The van der Waals surface area contributed by atoms with Gasteiger partial charge in [-0.05, 0) is 25.1 Å². The topological polar surface area (TPSA) is 78.4 Å². The molecule has 0 saturated heterocycles. The van der Waals surface area contributed by atoms with E-state index in [0.717, 1.165) is 6.07 Å². The fourth-order valence-corrected chi connectivity index (χ4v) is 1.38. The summed E-state index contributed by atoms with van der Waals surface area (Å²) >= 11 is 0. The third-order valence-electron chi connectivity index (χ3n) is 2.34. The number of benzene rings is 1. The highest BCUT2D eigenvalue weighted by molar-refractivity contribution is 5.92. The Balaban J connectivity index is 2.39. The molecule has 110 valence electrons. The number of carbonyl (C=O) groups excluding carboxylic acids is 1. The highest BCUT2D eigenvalue weighted by Gasteiger charge is 2.14. The van der Waals surface area contributed by atoms with Crippen molar-refractivity contribution >= 4 is 17.6 Å². The van der Waals surface area contributed by atoms with Crippen LogP contribution in [0.1, 0.15) is 12.8 Å². The minimum absolute atomic E-state index is 0.0353. The predicted molar refractivity (Wildman–Crippen MR) is 64.7 cm³/mol. The molecule has 0 bridgehead atoms. The smallest absolute Gasteiger partial charge is 0.303 e. The second kappa shape index (κ2) is 7.49. The van der Waals surface area contributed by atoms with Gasteiger partial charge < -0.3 is 15.7 Å². The summed E-state index contributed by atoms with van der Waals surface area (Å²) in [4.78, 5) is 21.6. The molecular formula is C12H13F3N2O3. The van der Waals surface area contributed by atoms with E-state index < -0.39 is 35.0 Å². The van der Waals surface area contributed by atoms with Crippen molar-refractivity contribution < 1.29 is 27.9 Å². The van der Waals surface area contributed by atoms with Crippen molar-refractivity contribution in [2.45, 2.75) is 12.8 Å². The van der Waals surface area contributed by atoms with Crippen molar-refractivity contribution in [3.05, 3.63) is 29.6 Å². The quantitative estimate of drug-likeness (QED) is 0.525. The first kappa shape index (κ1) is 16.0. The Morgan fingerprint density at radius 3 is 2.50 bits per heavy atom. The number of amides is 1. The zero-order valence-electron chi connectivity index (χ0n) is 10.4. The van der Waals surface area contributed by atoms with Gasteiger partial charge in [0.25, 0.3) is 0 Å². The van der Waals surface area contributed by atoms with Gasteiger partial charge in [-0.15, -0.1) is 0 Å². The van der Waals surface area contributed by atoms with Gasteiger partial charge in [-0.3, -0.25) is 9.59 Å². The molecule has 0 aliphatic heterocycles. The fraction of sp³-hybridized carbons (Fsp3) is 0.333. The first-order valence-corrected chi connectivity index (χ1v) is 5.77. The van der Waals surface area contributed by atoms with Gasteiger partial charge in [-0.1, -0.05) is 0 Å². The maximum absolute atomic E-state index is 13.2. The summed E-state index contributed by atoms with van der Waals surface area (Å²) in [6.07, 6.45) is 0.300. The number of carbonyl (C=O) groups is 2. The number of aliphatic carboxylic acids is 1. The van der Waals surface area contributed by atoms with Gasteiger partial charge in [-0.2, -0.15) is 0 Å². The van der Waals surface area contributed by atoms with E-state index in [1.165, 1.54) is 0 Å². The van der Waals surface area contributed by atoms with E-state index in [1.54, 1.807) is 0 Å². The van der Waals surface area contributed by atoms with E-state index in [9.17, 15) is 22.8 Å². The zero-order chi connectivity index (χ0) is 15.1. The van der Waals surface area contributed by atoms with Crippen molar-refractivity contribution in [1.29, 1.82) is 0 Å². The van der Waals surface area contributed by atoms with Crippen molar-refractivity contribution in [1.82, 2.24) is 5.32 Å². The predicted octanol–water partition coefficient (Wildman–Crippen LogP) is 1.50. The van der Waals surface area contributed by atoms with Gasteiger partial charge >= 0.3 is 5.97 Å². The molecule has 5 nitrogen and oxygen atoms in total. The number of hydrogen-bond donors (Lipinski definition) is 3. The Labute approximate surface area is 112 Å². The van der Waals surface area contributed by atoms with E-state index >= 15 is 0 Å². The molecule has 0 saturated carbocycles. The molecule has 0 radical (unpaired) electrons. The molecule has 0 unspecified atom stereocenters. The van der Waals surface area contributed by atoms with Crippen LogP contribution in [-0.4, -0.2) is 30.1 Å². The zero-order valence-corrected chi connectivity index (χ0v) is 10.4. The molecule has 0 aliphatic carbocycles. The SMILES string of the molecule is O=C(O)CCCNCC(=O)Nc1ccc(F)c(F)c1F. The molecule has 0 atom stereocenters. The molecule has 1 aromatic rings. The lowest BCUT2D eigenvalue weighted by Crippen LogP contribution is -2.29. The standard InChI is InChI=1S/C12H13F3N2O3/c13-7-3-4-8(12(15)11(7)14)17-9(18)6-16-5-1-2-10(19)20/h3-4,16H,1-2,5-6H2,(H,17,18)(H,19,20). The Morgan fingerprint density at radius 1 is 1.15 bits per heavy atom. The minimum Gasteiger partial charge on any atom is -0.481 e. The van der Waals surface area contributed by atoms with Gasteiger partial charge in [0.2, 0.25) is 5.91 Å². The lowest BCUT2D eigenvalue weighted by molar-refractivity contribution is -0.137. The van der Waals surface area contributed by atoms with Crippen LogP contribution in [0, 0.1) is 17.5 Å². The first-order chi connectivity index (χ1) is 9.41. The third kappa shape index (κ3) is 4.88. The average Bonchev–Trinajstić information content (AvgIpc) is 2.39. The van der Waals surface area contributed by atoms with Crippen LogP contribution < -0.4 is 10.6 Å². The van der Waals surface area contributed by atoms with Crippen LogP contribution in [0.15, 0.2) is 12.1 Å². The molecular weight excluding hydrogens is 277 g/mol. The maximum Gasteiger partial charge on any atom is 0.303 e. The second-order valence-electron chi connectivity index (χ2n) is 3.95. The normalized spacial score (nSPS) is 10.3. The summed E-state index contributed by atoms with van der Waals surface area (Å²) in [7, 11) is 0. The minimum atomic E-state index is -1.66. The fourth-order valence-electron chi connectivity index (χ4n) is 1.38. The summed E-state index contributed by atoms with van der Waals surface area (Å²) in [6, 6.07) is 1.62. The summed E-state index contributed by atoms with van der Waals surface area (Å²) in [5.74, 6) is -6.06. The summed E-state index contributed by atoms with van der Waals surface area (Å²) in [5, 5.41) is 13.1. The molecule has 8 heteroatoms. The largest absolute Gasteiger partial charge is 0.481 e. The molecule has 1 amide bonds. The Hall–Kier alpha value is -2.09. The van der Waals surface area contributed by atoms with Crippen LogP contribution in [0.2, 0.25) is 0 Å². The van der Waals surface area contributed by atoms with E-state index in [1.807, 2.05) is 0 Å². The van der Waals surface area contributed by atoms with E-state index in [0.29, 0.717) is 19.0 Å². The number of carboxylic acids is 1. The van der Waals surface area contributed by atoms with Crippen LogP contribution >= 0.6 is 0 Å². The Kier molecular flexibility index (Phi) is 5.98. The van der Waals surface area contributed by atoms with E-state index in [4.69, 9.17) is 5.11 Å². The number of rotatable bonds is 7. The van der Waals surface area contributed by atoms with Crippen LogP contribution in [-0.2, 0) is 9.59 Å². The lowest BCUT2D eigenvalue weighted by atomic mass is 10.2. The average molecular weight is 290 g/mol. The van der Waals surface area contributed by atoms with Crippen LogP contribution in [0.25, 0.3) is 0 Å². The van der Waals surface area contributed by atoms with Crippen molar-refractivity contribution in [2.24, 2.45) is 0 Å². The van der Waals surface area contributed by atoms with Crippen molar-refractivity contribution in [3.63, 3.8) is 0 Å². The van der Waals surface area contributed by atoms with Gasteiger partial charge in [-0.25, -0.2) is 13.2 Å². The number of nitrogens with one attached hydrogen (secondary N) is 2. The summed E-state index contributed by atoms with van der Waals surface area (Å²) < 4.78 is 38.8. The van der Waals surface area contributed by atoms with Gasteiger partial charge in [0.1, 0.15) is 0 Å². The highest BCUT2D eigenvalue weighted by atomic mass is 19.2. The van der Waals surface area contributed by atoms with Crippen molar-refractivity contribution in [3.8, 4) is 0 Å². The maximum atomic E-state index is 13.2. The van der Waals surface area contributed by atoms with E-state index in [2.05, 4.69) is 10.6 Å². The van der Waals surface area contributed by atoms with Gasteiger partial charge in [0.15, 0.2) is 17.5 Å². The van der Waals surface area contributed by atoms with Crippen molar-refractivity contribution in [2.75, 3.05) is 18.4 Å². The molecule has 20 heavy (non-hydrogen) atoms. The van der Waals surface area contributed by atoms with Crippen LogP contribution in [0.3, 0.4) is 0 Å². The number of carboxylic acid groups (broad SMARTS) is 1. The molecule has 1 rings (SSSR count). The molecule has 0 spiro atoms. The highest BCUT2D eigenvalue weighted by Crippen LogP contribution is 2.19. The number of halogens is 3. The van der Waals surface area contributed by atoms with Crippen LogP contribution in [0.4, 0.5) is 18.9 Å². The van der Waals surface area contributed by atoms with Crippen LogP contribution in [0.5, 0.6) is 0 Å². The first-order valence-electron chi connectivity index (χ1n) is 5.77. The molecule has 0 aliphatic rings.